The van der Waals surface area contributed by atoms with E-state index < -0.39 is 55.6 Å². The average molecular weight is 463 g/mol. The van der Waals surface area contributed by atoms with Gasteiger partial charge in [-0.15, -0.1) is 0 Å². The third-order valence-electron chi connectivity index (χ3n) is 5.60. The Hall–Kier alpha value is -2.73. The molecular weight excluding hydrogens is 441 g/mol. The second-order valence-electron chi connectivity index (χ2n) is 8.54. The molecule has 176 valence electrons. The van der Waals surface area contributed by atoms with Crippen LogP contribution in [0.25, 0.3) is 0 Å². The van der Waals surface area contributed by atoms with Gasteiger partial charge < -0.3 is 19.9 Å². The summed E-state index contributed by atoms with van der Waals surface area (Å²) in [4.78, 5) is 35.1. The molecule has 1 aromatic rings. The van der Waals surface area contributed by atoms with Crippen molar-refractivity contribution in [3.05, 3.63) is 11.9 Å². The lowest BCUT2D eigenvalue weighted by Gasteiger charge is -2.39. The summed E-state index contributed by atoms with van der Waals surface area (Å²) in [5.74, 6) is -4.13. The van der Waals surface area contributed by atoms with Crippen LogP contribution in [0.4, 0.5) is 27.8 Å². The fraction of sp³-hybridized carbons (Fsp3) is 0.684. The summed E-state index contributed by atoms with van der Waals surface area (Å²) >= 11 is 0. The van der Waals surface area contributed by atoms with Crippen molar-refractivity contribution >= 4 is 17.6 Å². The second kappa shape index (κ2) is 8.00. The van der Waals surface area contributed by atoms with Gasteiger partial charge in [0.15, 0.2) is 11.5 Å². The van der Waals surface area contributed by atoms with Crippen LogP contribution in [0.2, 0.25) is 0 Å². The molecule has 4 rings (SSSR count). The van der Waals surface area contributed by atoms with E-state index in [2.05, 4.69) is 15.3 Å². The van der Waals surface area contributed by atoms with Crippen LogP contribution in [-0.4, -0.2) is 77.1 Å². The smallest absolute Gasteiger partial charge is 0.406 e. The minimum atomic E-state index is -4.55. The van der Waals surface area contributed by atoms with Crippen LogP contribution >= 0.6 is 0 Å². The van der Waals surface area contributed by atoms with Crippen molar-refractivity contribution in [3.63, 3.8) is 0 Å². The highest BCUT2D eigenvalue weighted by Gasteiger charge is 2.46. The highest BCUT2D eigenvalue weighted by Crippen LogP contribution is 2.36. The predicted molar refractivity (Wildman–Crippen MR) is 101 cm³/mol. The van der Waals surface area contributed by atoms with E-state index in [1.807, 2.05) is 0 Å². The summed E-state index contributed by atoms with van der Waals surface area (Å²) in [5, 5.41) is 2.40. The lowest BCUT2D eigenvalue weighted by molar-refractivity contribution is -0.160. The van der Waals surface area contributed by atoms with Crippen LogP contribution in [0.15, 0.2) is 6.20 Å². The minimum absolute atomic E-state index is 0.0140. The summed E-state index contributed by atoms with van der Waals surface area (Å²) < 4.78 is 70.3. The zero-order chi connectivity index (χ0) is 23.3. The first-order chi connectivity index (χ1) is 14.9. The van der Waals surface area contributed by atoms with Gasteiger partial charge in [0.25, 0.3) is 17.7 Å². The highest BCUT2D eigenvalue weighted by molar-refractivity contribution is 5.97. The molecule has 32 heavy (non-hydrogen) atoms. The zero-order valence-corrected chi connectivity index (χ0v) is 17.2. The molecule has 2 amide bonds. The van der Waals surface area contributed by atoms with Crippen molar-refractivity contribution in [1.29, 1.82) is 0 Å². The predicted octanol–water partition coefficient (Wildman–Crippen LogP) is 2.00. The Balaban J connectivity index is 1.46. The van der Waals surface area contributed by atoms with Crippen LogP contribution in [0.1, 0.15) is 36.7 Å². The number of amides is 2. The van der Waals surface area contributed by atoms with Crippen molar-refractivity contribution < 1.29 is 36.3 Å². The van der Waals surface area contributed by atoms with Gasteiger partial charge in [0.05, 0.1) is 25.9 Å². The van der Waals surface area contributed by atoms with Crippen LogP contribution in [0.3, 0.4) is 0 Å². The Morgan fingerprint density at radius 2 is 2.00 bits per heavy atom. The molecule has 0 bridgehead atoms. The van der Waals surface area contributed by atoms with Crippen molar-refractivity contribution in [2.45, 2.75) is 50.4 Å². The van der Waals surface area contributed by atoms with Crippen LogP contribution in [-0.2, 0) is 4.79 Å². The van der Waals surface area contributed by atoms with Gasteiger partial charge in [-0.2, -0.15) is 13.2 Å². The number of likely N-dealkylation sites (tertiary alicyclic amines) is 1. The summed E-state index contributed by atoms with van der Waals surface area (Å²) in [5.41, 5.74) is -0.221. The van der Waals surface area contributed by atoms with E-state index in [0.717, 1.165) is 19.0 Å². The molecule has 0 spiro atoms. The summed E-state index contributed by atoms with van der Waals surface area (Å²) in [7, 11) is 0. The first-order valence-electron chi connectivity index (χ1n) is 10.2. The van der Waals surface area contributed by atoms with E-state index in [1.165, 1.54) is 11.8 Å². The molecule has 8 nitrogen and oxygen atoms in total. The topological polar surface area (TPSA) is 87.7 Å². The van der Waals surface area contributed by atoms with Crippen LogP contribution in [0.5, 0.6) is 5.88 Å². The van der Waals surface area contributed by atoms with E-state index in [9.17, 15) is 31.5 Å². The van der Waals surface area contributed by atoms with Crippen LogP contribution < -0.4 is 15.0 Å². The van der Waals surface area contributed by atoms with Crippen LogP contribution in [0, 0.1) is 5.92 Å². The average Bonchev–Trinajstić information content (AvgIpc) is 3.47. The van der Waals surface area contributed by atoms with Gasteiger partial charge in [0.2, 0.25) is 5.91 Å². The number of halogens is 5. The number of nitrogens with zero attached hydrogens (tertiary/aromatic N) is 4. The SMILES string of the molecule is CC1C[C@H](NC(=O)c2cnc(N3CC(F)(F)C3)c(OCC3CC3)n2)C(=O)N1CC(F)(F)F. The number of anilines is 1. The summed E-state index contributed by atoms with van der Waals surface area (Å²) in [6.07, 6.45) is -1.52. The molecule has 3 fully saturated rings. The molecule has 1 aromatic heterocycles. The van der Waals surface area contributed by atoms with Gasteiger partial charge in [-0.1, -0.05) is 0 Å². The third-order valence-corrected chi connectivity index (χ3v) is 5.60. The first kappa shape index (κ1) is 22.5. The van der Waals surface area contributed by atoms with Crippen molar-refractivity contribution in [3.8, 4) is 5.88 Å². The van der Waals surface area contributed by atoms with Crippen molar-refractivity contribution in [2.24, 2.45) is 5.92 Å². The quantitative estimate of drug-likeness (QED) is 0.623. The number of aromatic nitrogens is 2. The Kier molecular flexibility index (Phi) is 5.61. The van der Waals surface area contributed by atoms with Gasteiger partial charge in [-0.25, -0.2) is 18.7 Å². The number of hydrogen-bond donors (Lipinski definition) is 1. The minimum Gasteiger partial charge on any atom is -0.475 e. The molecule has 2 atom stereocenters. The van der Waals surface area contributed by atoms with E-state index in [4.69, 9.17) is 4.74 Å². The third kappa shape index (κ3) is 5.01. The van der Waals surface area contributed by atoms with Crippen molar-refractivity contribution in [1.82, 2.24) is 20.2 Å². The Bertz CT molecular complexity index is 900. The van der Waals surface area contributed by atoms with E-state index in [-0.39, 0.29) is 23.8 Å². The number of alkyl halides is 5. The lowest BCUT2D eigenvalue weighted by atomic mass is 10.1. The molecular formula is C19H22F5N5O3. The maximum atomic E-state index is 13.3. The fourth-order valence-electron chi connectivity index (χ4n) is 3.70. The lowest BCUT2D eigenvalue weighted by Crippen LogP contribution is -2.56. The molecule has 1 N–H and O–H groups in total. The monoisotopic (exact) mass is 463 g/mol. The molecule has 1 aliphatic carbocycles. The van der Waals surface area contributed by atoms with Gasteiger partial charge in [-0.3, -0.25) is 9.59 Å². The second-order valence-corrected chi connectivity index (χ2v) is 8.54. The maximum absolute atomic E-state index is 13.3. The number of hydrogen-bond acceptors (Lipinski definition) is 6. The largest absolute Gasteiger partial charge is 0.475 e. The van der Waals surface area contributed by atoms with Gasteiger partial charge in [0.1, 0.15) is 12.6 Å². The van der Waals surface area contributed by atoms with E-state index in [0.29, 0.717) is 17.4 Å². The highest BCUT2D eigenvalue weighted by atomic mass is 19.4. The van der Waals surface area contributed by atoms with E-state index in [1.54, 1.807) is 0 Å². The molecule has 0 radical (unpaired) electrons. The standard InChI is InChI=1S/C19H22F5N5O3/c1-10-4-12(17(31)29(10)9-19(22,23)24)26-15(30)13-5-25-14(28-7-18(20,21)8-28)16(27-13)32-6-11-2-3-11/h5,10-12H,2-4,6-9H2,1H3,(H,26,30)/t10?,12-/m0/s1. The number of carbonyl (C=O) groups excluding carboxylic acids is 2. The van der Waals surface area contributed by atoms with Gasteiger partial charge in [-0.05, 0) is 32.1 Å². The van der Waals surface area contributed by atoms with Gasteiger partial charge in [0, 0.05) is 6.04 Å². The number of carbonyl (C=O) groups is 2. The summed E-state index contributed by atoms with van der Waals surface area (Å²) in [6, 6.07) is -1.83. The van der Waals surface area contributed by atoms with Gasteiger partial charge >= 0.3 is 6.18 Å². The number of ether oxygens (including phenoxy) is 1. The number of nitrogens with one attached hydrogen (secondary N) is 1. The Morgan fingerprint density at radius 1 is 1.31 bits per heavy atom. The molecule has 3 heterocycles. The zero-order valence-electron chi connectivity index (χ0n) is 17.2. The molecule has 1 saturated carbocycles. The normalized spacial score (nSPS) is 25.0. The first-order valence-corrected chi connectivity index (χ1v) is 10.2. The molecule has 2 saturated heterocycles. The Labute approximate surface area is 180 Å². The number of rotatable bonds is 7. The maximum Gasteiger partial charge on any atom is 0.406 e. The van der Waals surface area contributed by atoms with E-state index >= 15 is 0 Å². The molecule has 1 unspecified atom stereocenters. The van der Waals surface area contributed by atoms with Crippen molar-refractivity contribution in [2.75, 3.05) is 31.1 Å². The summed E-state index contributed by atoms with van der Waals surface area (Å²) in [6.45, 7) is -0.709. The molecule has 0 aromatic carbocycles. The molecule has 2 aliphatic heterocycles. The molecule has 13 heteroatoms. The Morgan fingerprint density at radius 3 is 2.59 bits per heavy atom. The molecule has 3 aliphatic rings. The fourth-order valence-corrected chi connectivity index (χ4v) is 3.70.